The maximum Gasteiger partial charge on any atom is 0.414 e. The van der Waals surface area contributed by atoms with Crippen LogP contribution in [-0.4, -0.2) is 46.7 Å². The monoisotopic (exact) mass is 291 g/mol. The van der Waals surface area contributed by atoms with Crippen LogP contribution in [-0.2, 0) is 14.3 Å². The molecule has 3 rings (SSSR count). The van der Waals surface area contributed by atoms with Crippen LogP contribution in [0.15, 0.2) is 36.9 Å². The normalized spacial score (nSPS) is 22.7. The number of ether oxygens (including phenoxy) is 1. The number of carboxylic acids is 2. The van der Waals surface area contributed by atoms with Gasteiger partial charge in [-0.1, -0.05) is 30.3 Å². The lowest BCUT2D eigenvalue weighted by Gasteiger charge is -2.31. The Bertz CT molecular complexity index is 514. The van der Waals surface area contributed by atoms with Gasteiger partial charge in [-0.2, -0.15) is 0 Å². The van der Waals surface area contributed by atoms with Gasteiger partial charge < -0.3 is 14.9 Å². The van der Waals surface area contributed by atoms with Crippen molar-refractivity contribution < 1.29 is 24.5 Å². The van der Waals surface area contributed by atoms with Crippen LogP contribution in [0.4, 0.5) is 0 Å². The van der Waals surface area contributed by atoms with E-state index in [2.05, 4.69) is 35.7 Å². The van der Waals surface area contributed by atoms with Gasteiger partial charge in [0.2, 0.25) is 0 Å². The fourth-order valence-electron chi connectivity index (χ4n) is 2.60. The fourth-order valence-corrected chi connectivity index (χ4v) is 2.60. The number of benzene rings is 1. The highest BCUT2D eigenvalue weighted by Gasteiger charge is 2.37. The molecular weight excluding hydrogens is 274 g/mol. The molecule has 6 heteroatoms. The molecule has 0 aliphatic carbocycles. The topological polar surface area (TPSA) is 87.1 Å². The van der Waals surface area contributed by atoms with Crippen molar-refractivity contribution in [3.05, 3.63) is 48.0 Å². The van der Waals surface area contributed by atoms with Gasteiger partial charge in [0.1, 0.15) is 0 Å². The van der Waals surface area contributed by atoms with Gasteiger partial charge in [0.05, 0.1) is 12.2 Å². The van der Waals surface area contributed by atoms with Crippen LogP contribution < -0.4 is 0 Å². The molecule has 2 heterocycles. The van der Waals surface area contributed by atoms with Gasteiger partial charge in [-0.15, -0.1) is 6.58 Å². The first-order valence-corrected chi connectivity index (χ1v) is 6.56. The van der Waals surface area contributed by atoms with Crippen LogP contribution in [0.25, 0.3) is 0 Å². The average molecular weight is 291 g/mol. The maximum atomic E-state index is 9.10. The lowest BCUT2D eigenvalue weighted by Crippen LogP contribution is -2.36. The number of carboxylic acid groups (broad SMARTS) is 2. The molecule has 1 aromatic rings. The van der Waals surface area contributed by atoms with E-state index in [1.807, 2.05) is 6.08 Å². The lowest BCUT2D eigenvalue weighted by atomic mass is 10.0. The number of morpholine rings is 1. The molecule has 0 radical (unpaired) electrons. The summed E-state index contributed by atoms with van der Waals surface area (Å²) in [6.45, 7) is 6.75. The molecule has 2 N–H and O–H groups in total. The highest BCUT2D eigenvalue weighted by atomic mass is 16.5. The molecule has 6 nitrogen and oxygen atoms in total. The van der Waals surface area contributed by atoms with Gasteiger partial charge in [-0.25, -0.2) is 9.59 Å². The Morgan fingerprint density at radius 1 is 1.19 bits per heavy atom. The van der Waals surface area contributed by atoms with Crippen molar-refractivity contribution in [2.75, 3.05) is 19.6 Å². The van der Waals surface area contributed by atoms with E-state index in [1.165, 1.54) is 11.1 Å². The first-order chi connectivity index (χ1) is 10.0. The van der Waals surface area contributed by atoms with Gasteiger partial charge >= 0.3 is 11.9 Å². The average Bonchev–Trinajstić information content (AvgIpc) is 2.72. The zero-order valence-corrected chi connectivity index (χ0v) is 11.4. The Hall–Kier alpha value is -2.18. The molecule has 2 unspecified atom stereocenters. The standard InChI is InChI=1S/C13H15NO.C2H2O4/c1-2-7-14-8-12-10-5-3-4-6-11(10)13(9-14)15-12;3-1(4)2(5)6/h2-6,12-13H,1,7-9H2;(H,3,4)(H,5,6). The summed E-state index contributed by atoms with van der Waals surface area (Å²) in [5, 5.41) is 14.8. The van der Waals surface area contributed by atoms with E-state index >= 15 is 0 Å². The van der Waals surface area contributed by atoms with Crippen molar-refractivity contribution in [2.45, 2.75) is 12.2 Å². The molecule has 2 atom stereocenters. The molecule has 0 saturated carbocycles. The molecule has 0 amide bonds. The zero-order valence-electron chi connectivity index (χ0n) is 11.4. The van der Waals surface area contributed by atoms with Crippen LogP contribution in [0.3, 0.4) is 0 Å². The van der Waals surface area contributed by atoms with E-state index in [9.17, 15) is 0 Å². The number of hydrogen-bond acceptors (Lipinski definition) is 4. The van der Waals surface area contributed by atoms with Crippen molar-refractivity contribution in [2.24, 2.45) is 0 Å². The summed E-state index contributed by atoms with van der Waals surface area (Å²) in [5.74, 6) is -3.65. The van der Waals surface area contributed by atoms with Gasteiger partial charge in [0, 0.05) is 19.6 Å². The number of rotatable bonds is 2. The van der Waals surface area contributed by atoms with Crippen LogP contribution in [0.2, 0.25) is 0 Å². The van der Waals surface area contributed by atoms with Gasteiger partial charge in [0.25, 0.3) is 0 Å². The summed E-state index contributed by atoms with van der Waals surface area (Å²) in [5.41, 5.74) is 2.77. The largest absolute Gasteiger partial charge is 0.473 e. The van der Waals surface area contributed by atoms with E-state index in [-0.39, 0.29) is 12.2 Å². The number of hydrogen-bond donors (Lipinski definition) is 2. The third-order valence-electron chi connectivity index (χ3n) is 3.44. The van der Waals surface area contributed by atoms with Crippen molar-refractivity contribution in [1.82, 2.24) is 4.90 Å². The molecule has 0 aromatic heterocycles. The van der Waals surface area contributed by atoms with Crippen molar-refractivity contribution in [3.63, 3.8) is 0 Å². The van der Waals surface area contributed by atoms with E-state index in [4.69, 9.17) is 24.5 Å². The molecule has 21 heavy (non-hydrogen) atoms. The zero-order chi connectivity index (χ0) is 15.4. The Balaban J connectivity index is 0.000000232. The molecule has 1 fully saturated rings. The fraction of sp³-hybridized carbons (Fsp3) is 0.333. The van der Waals surface area contributed by atoms with Crippen LogP contribution in [0, 0.1) is 0 Å². The Morgan fingerprint density at radius 2 is 1.67 bits per heavy atom. The van der Waals surface area contributed by atoms with E-state index in [0.717, 1.165) is 19.6 Å². The smallest absolute Gasteiger partial charge is 0.414 e. The van der Waals surface area contributed by atoms with Crippen molar-refractivity contribution in [3.8, 4) is 0 Å². The van der Waals surface area contributed by atoms with Crippen molar-refractivity contribution in [1.29, 1.82) is 0 Å². The second kappa shape index (κ2) is 6.51. The van der Waals surface area contributed by atoms with Gasteiger partial charge in [-0.3, -0.25) is 4.90 Å². The minimum Gasteiger partial charge on any atom is -0.473 e. The maximum absolute atomic E-state index is 9.10. The molecule has 2 aliphatic rings. The first kappa shape index (κ1) is 15.2. The third kappa shape index (κ3) is 3.48. The van der Waals surface area contributed by atoms with Crippen LogP contribution in [0.1, 0.15) is 23.3 Å². The summed E-state index contributed by atoms with van der Waals surface area (Å²) in [7, 11) is 0. The Kier molecular flexibility index (Phi) is 4.72. The summed E-state index contributed by atoms with van der Waals surface area (Å²) in [6, 6.07) is 8.58. The number of nitrogens with zero attached hydrogens (tertiary/aromatic N) is 1. The Morgan fingerprint density at radius 3 is 2.05 bits per heavy atom. The summed E-state index contributed by atoms with van der Waals surface area (Å²) in [4.78, 5) is 20.6. The van der Waals surface area contributed by atoms with Gasteiger partial charge in [-0.05, 0) is 11.1 Å². The molecule has 112 valence electrons. The van der Waals surface area contributed by atoms with Crippen LogP contribution >= 0.6 is 0 Å². The second-order valence-corrected chi connectivity index (χ2v) is 4.86. The van der Waals surface area contributed by atoms with E-state index in [0.29, 0.717) is 0 Å². The highest BCUT2D eigenvalue weighted by Crippen LogP contribution is 2.42. The first-order valence-electron chi connectivity index (χ1n) is 6.56. The lowest BCUT2D eigenvalue weighted by molar-refractivity contribution is -0.159. The van der Waals surface area contributed by atoms with E-state index in [1.54, 1.807) is 0 Å². The summed E-state index contributed by atoms with van der Waals surface area (Å²) in [6.07, 6.45) is 2.52. The number of carbonyl (C=O) groups is 2. The molecule has 2 bridgehead atoms. The van der Waals surface area contributed by atoms with Gasteiger partial charge in [0.15, 0.2) is 0 Å². The molecular formula is C15H17NO5. The minimum absolute atomic E-state index is 0.278. The van der Waals surface area contributed by atoms with Crippen molar-refractivity contribution >= 4 is 11.9 Å². The molecule has 0 spiro atoms. The Labute approximate surface area is 122 Å². The molecule has 1 saturated heterocycles. The quantitative estimate of drug-likeness (QED) is 0.633. The van der Waals surface area contributed by atoms with E-state index < -0.39 is 11.9 Å². The predicted octanol–water partition coefficient (Wildman–Crippen LogP) is 1.46. The molecule has 1 aromatic carbocycles. The summed E-state index contributed by atoms with van der Waals surface area (Å²) < 4.78 is 5.97. The minimum atomic E-state index is -1.82. The van der Waals surface area contributed by atoms with Crippen LogP contribution in [0.5, 0.6) is 0 Å². The second-order valence-electron chi connectivity index (χ2n) is 4.86. The molecule has 2 aliphatic heterocycles. The number of aliphatic carboxylic acids is 2. The SMILES string of the molecule is C=CCN1CC2OC(C1)c1ccccc12.O=C(O)C(=O)O. The predicted molar refractivity (Wildman–Crippen MR) is 74.9 cm³/mol. The summed E-state index contributed by atoms with van der Waals surface area (Å²) >= 11 is 0. The number of fused-ring (bicyclic) bond motifs is 5. The highest BCUT2D eigenvalue weighted by molar-refractivity contribution is 6.27. The third-order valence-corrected chi connectivity index (χ3v) is 3.44.